The van der Waals surface area contributed by atoms with Gasteiger partial charge in [-0.1, -0.05) is 334 Å². The number of unbranched alkanes of at least 4 members (excludes halogenated alkanes) is 45. The highest BCUT2D eigenvalue weighted by molar-refractivity contribution is 5.65. The number of nitro benzene ring substituents is 1. The molecule has 0 aliphatic carbocycles. The normalized spacial score (nSPS) is 11.4. The Morgan fingerprint density at radius 1 is 0.304 bits per heavy atom. The third kappa shape index (κ3) is 38.0. The van der Waals surface area contributed by atoms with Gasteiger partial charge in [-0.25, -0.2) is 0 Å². The van der Waals surface area contributed by atoms with E-state index in [0.717, 1.165) is 59.6 Å². The van der Waals surface area contributed by atoms with Crippen molar-refractivity contribution in [1.82, 2.24) is 0 Å². The Hall–Kier alpha value is -3.54. The fourth-order valence-electron chi connectivity index (χ4n) is 11.4. The quantitative estimate of drug-likeness (QED) is 0.0320. The van der Waals surface area contributed by atoms with E-state index in [9.17, 15) is 10.1 Å². The van der Waals surface area contributed by atoms with Crippen LogP contribution in [0.15, 0.2) is 60.7 Å². The van der Waals surface area contributed by atoms with Gasteiger partial charge in [0.1, 0.15) is 0 Å². The van der Waals surface area contributed by atoms with E-state index in [-0.39, 0.29) is 10.6 Å². The first-order chi connectivity index (χ1) is 39.0. The standard InChI is InChI=1S/C73H123NO5/c1-4-7-10-13-16-19-22-25-28-31-34-37-40-43-46-49-60-77-71-64-67(63-66-52-54-68(55-53-66)69-56-58-70(59-57-69)74(75)76)65-72(78-61-50-47-44-41-38-35-32-29-26-23-20-17-14-11-8-5-2)73(71)79-62-51-48-45-42-39-36-33-30-27-24-21-18-15-12-9-6-3/h52-59,64-65H,4-51,60-63H2,1-3H3. The summed E-state index contributed by atoms with van der Waals surface area (Å²) in [5.74, 6) is 2.42. The number of ether oxygens (including phenoxy) is 3. The van der Waals surface area contributed by atoms with Crippen molar-refractivity contribution in [3.8, 4) is 28.4 Å². The van der Waals surface area contributed by atoms with Gasteiger partial charge >= 0.3 is 0 Å². The zero-order valence-electron chi connectivity index (χ0n) is 52.0. The minimum absolute atomic E-state index is 0.110. The Balaban J connectivity index is 1.56. The van der Waals surface area contributed by atoms with Crippen LogP contribution in [-0.4, -0.2) is 24.7 Å². The zero-order chi connectivity index (χ0) is 56.2. The molecule has 0 radical (unpaired) electrons. The molecule has 0 bridgehead atoms. The van der Waals surface area contributed by atoms with E-state index in [1.165, 1.54) is 295 Å². The molecule has 0 aliphatic rings. The van der Waals surface area contributed by atoms with Crippen LogP contribution in [0.3, 0.4) is 0 Å². The lowest BCUT2D eigenvalue weighted by atomic mass is 9.99. The van der Waals surface area contributed by atoms with Crippen LogP contribution in [0.2, 0.25) is 0 Å². The fourth-order valence-corrected chi connectivity index (χ4v) is 11.4. The van der Waals surface area contributed by atoms with E-state index in [1.54, 1.807) is 12.1 Å². The summed E-state index contributed by atoms with van der Waals surface area (Å²) >= 11 is 0. The molecule has 6 nitrogen and oxygen atoms in total. The van der Waals surface area contributed by atoms with Gasteiger partial charge in [0, 0.05) is 12.1 Å². The topological polar surface area (TPSA) is 70.8 Å². The van der Waals surface area contributed by atoms with Gasteiger partial charge in [-0.15, -0.1) is 0 Å². The van der Waals surface area contributed by atoms with Crippen molar-refractivity contribution >= 4 is 5.69 Å². The van der Waals surface area contributed by atoms with E-state index >= 15 is 0 Å². The highest BCUT2D eigenvalue weighted by atomic mass is 16.6. The third-order valence-corrected chi connectivity index (χ3v) is 16.6. The van der Waals surface area contributed by atoms with E-state index < -0.39 is 0 Å². The average Bonchev–Trinajstić information content (AvgIpc) is 3.47. The molecule has 0 heterocycles. The van der Waals surface area contributed by atoms with E-state index in [1.807, 2.05) is 12.1 Å². The summed E-state index contributed by atoms with van der Waals surface area (Å²) in [4.78, 5) is 10.9. The number of hydrogen-bond donors (Lipinski definition) is 0. The van der Waals surface area contributed by atoms with Crippen molar-refractivity contribution in [2.24, 2.45) is 0 Å². The van der Waals surface area contributed by atoms with Gasteiger partial charge in [0.05, 0.1) is 24.7 Å². The minimum atomic E-state index is -0.344. The van der Waals surface area contributed by atoms with Crippen LogP contribution in [0.1, 0.15) is 340 Å². The Bertz CT molecular complexity index is 1750. The Morgan fingerprint density at radius 3 is 0.810 bits per heavy atom. The van der Waals surface area contributed by atoms with Crippen LogP contribution in [0.5, 0.6) is 17.2 Å². The van der Waals surface area contributed by atoms with Gasteiger partial charge in [0.2, 0.25) is 5.75 Å². The lowest BCUT2D eigenvalue weighted by Crippen LogP contribution is -2.07. The molecule has 0 saturated carbocycles. The molecule has 0 saturated heterocycles. The van der Waals surface area contributed by atoms with Crippen LogP contribution < -0.4 is 14.2 Å². The van der Waals surface area contributed by atoms with E-state index in [0.29, 0.717) is 19.8 Å². The molecule has 0 amide bonds. The summed E-state index contributed by atoms with van der Waals surface area (Å²) in [5, 5.41) is 11.3. The molecular weight excluding hydrogens is 971 g/mol. The molecule has 0 aromatic heterocycles. The maximum absolute atomic E-state index is 11.3. The Kier molecular flexibility index (Phi) is 45.3. The van der Waals surface area contributed by atoms with Gasteiger partial charge in [-0.05, 0) is 72.2 Å². The fraction of sp³-hybridized carbons (Fsp3) is 0.753. The molecule has 0 aliphatic heterocycles. The van der Waals surface area contributed by atoms with Crippen LogP contribution in [0.25, 0.3) is 11.1 Å². The predicted octanol–water partition coefficient (Wildman–Crippen LogP) is 24.8. The molecular formula is C73H123NO5. The Labute approximate surface area is 488 Å². The summed E-state index contributed by atoms with van der Waals surface area (Å²) in [7, 11) is 0. The van der Waals surface area contributed by atoms with Crippen molar-refractivity contribution in [2.45, 2.75) is 335 Å². The molecule has 3 aromatic carbocycles. The van der Waals surface area contributed by atoms with Gasteiger partial charge < -0.3 is 14.2 Å². The zero-order valence-corrected chi connectivity index (χ0v) is 52.0. The maximum Gasteiger partial charge on any atom is 0.269 e. The largest absolute Gasteiger partial charge is 0.490 e. The first-order valence-electron chi connectivity index (χ1n) is 34.4. The first-order valence-corrected chi connectivity index (χ1v) is 34.4. The Morgan fingerprint density at radius 2 is 0.544 bits per heavy atom. The van der Waals surface area contributed by atoms with Crippen LogP contribution in [0.4, 0.5) is 5.69 Å². The predicted molar refractivity (Wildman–Crippen MR) is 343 cm³/mol. The second kappa shape index (κ2) is 51.3. The second-order valence-electron chi connectivity index (χ2n) is 24.1. The number of benzene rings is 3. The van der Waals surface area contributed by atoms with E-state index in [2.05, 4.69) is 57.2 Å². The van der Waals surface area contributed by atoms with Crippen molar-refractivity contribution in [2.75, 3.05) is 19.8 Å². The van der Waals surface area contributed by atoms with E-state index in [4.69, 9.17) is 14.2 Å². The molecule has 0 fully saturated rings. The van der Waals surface area contributed by atoms with Gasteiger partial charge in [-0.2, -0.15) is 0 Å². The summed E-state index contributed by atoms with van der Waals surface area (Å²) in [6.07, 6.45) is 65.7. The number of nitro groups is 1. The van der Waals surface area contributed by atoms with Crippen molar-refractivity contribution in [3.05, 3.63) is 81.9 Å². The highest BCUT2D eigenvalue weighted by Gasteiger charge is 2.17. The van der Waals surface area contributed by atoms with Crippen LogP contribution in [0, 0.1) is 10.1 Å². The van der Waals surface area contributed by atoms with Crippen molar-refractivity contribution < 1.29 is 19.1 Å². The summed E-state index contributed by atoms with van der Waals surface area (Å²) in [6.45, 7) is 8.94. The summed E-state index contributed by atoms with van der Waals surface area (Å²) < 4.78 is 20.2. The number of non-ortho nitro benzene ring substituents is 1. The molecule has 6 heteroatoms. The molecule has 0 atom stereocenters. The van der Waals surface area contributed by atoms with Gasteiger partial charge in [-0.3, -0.25) is 10.1 Å². The molecule has 0 spiro atoms. The SMILES string of the molecule is CCCCCCCCCCCCCCCCCCOc1cc(Cc2ccc(-c3ccc([N+](=O)[O-])cc3)cc2)cc(OCCCCCCCCCCCCCCCCCC)c1OCCCCCCCCCCCCCCCCCC. The number of nitrogens with zero attached hydrogens (tertiary/aromatic N) is 1. The smallest absolute Gasteiger partial charge is 0.269 e. The second-order valence-corrected chi connectivity index (χ2v) is 24.1. The lowest BCUT2D eigenvalue weighted by Gasteiger charge is -2.19. The number of rotatable bonds is 58. The third-order valence-electron chi connectivity index (χ3n) is 16.6. The molecule has 0 N–H and O–H groups in total. The van der Waals surface area contributed by atoms with Gasteiger partial charge in [0.15, 0.2) is 11.5 Å². The van der Waals surface area contributed by atoms with Crippen LogP contribution >= 0.6 is 0 Å². The van der Waals surface area contributed by atoms with Gasteiger partial charge in [0.25, 0.3) is 5.69 Å². The monoisotopic (exact) mass is 1090 g/mol. The summed E-state index contributed by atoms with van der Waals surface area (Å²) in [5.41, 5.74) is 4.47. The number of hydrogen-bond acceptors (Lipinski definition) is 5. The molecule has 450 valence electrons. The molecule has 3 rings (SSSR count). The first kappa shape index (κ1) is 69.7. The molecule has 79 heavy (non-hydrogen) atoms. The van der Waals surface area contributed by atoms with Crippen LogP contribution in [-0.2, 0) is 6.42 Å². The minimum Gasteiger partial charge on any atom is -0.490 e. The lowest BCUT2D eigenvalue weighted by molar-refractivity contribution is -0.384. The molecule has 3 aromatic rings. The summed E-state index contributed by atoms with van der Waals surface area (Å²) in [6, 6.07) is 19.8. The van der Waals surface area contributed by atoms with Crippen molar-refractivity contribution in [1.29, 1.82) is 0 Å². The molecule has 0 unspecified atom stereocenters. The van der Waals surface area contributed by atoms with Crippen molar-refractivity contribution in [3.63, 3.8) is 0 Å². The highest BCUT2D eigenvalue weighted by Crippen LogP contribution is 2.40. The maximum atomic E-state index is 11.3. The average molecular weight is 1090 g/mol.